The molecule has 42 heavy (non-hydrogen) atoms. The van der Waals surface area contributed by atoms with E-state index in [-0.39, 0.29) is 18.1 Å². The lowest BCUT2D eigenvalue weighted by atomic mass is 9.81. The average Bonchev–Trinajstić information content (AvgIpc) is 3.76. The van der Waals surface area contributed by atoms with Gasteiger partial charge in [-0.1, -0.05) is 57.3 Å². The second-order valence-corrected chi connectivity index (χ2v) is 11.7. The largest absolute Gasteiger partial charge is 0.489 e. The molecule has 6 rings (SSSR count). The Bertz CT molecular complexity index is 1640. The van der Waals surface area contributed by atoms with Gasteiger partial charge in [0.25, 0.3) is 0 Å². The van der Waals surface area contributed by atoms with Gasteiger partial charge in [-0.25, -0.2) is 9.78 Å². The molecule has 216 valence electrons. The number of pyridine rings is 1. The lowest BCUT2D eigenvalue weighted by Gasteiger charge is -2.38. The fraction of sp³-hybridized carbons (Fsp3) is 0.300. The number of hydrogen-bond acceptors (Lipinski definition) is 8. The van der Waals surface area contributed by atoms with Crippen LogP contribution in [0.15, 0.2) is 64.4 Å². The molecule has 0 radical (unpaired) electrons. The first-order valence-electron chi connectivity index (χ1n) is 13.4. The van der Waals surface area contributed by atoms with E-state index in [2.05, 4.69) is 15.3 Å². The summed E-state index contributed by atoms with van der Waals surface area (Å²) in [6.45, 7) is 1.08. The maximum absolute atomic E-state index is 12.2. The highest BCUT2D eigenvalue weighted by molar-refractivity contribution is 6.39. The first-order chi connectivity index (χ1) is 20.3. The third-order valence-electron chi connectivity index (χ3n) is 7.87. The molecule has 1 N–H and O–H groups in total. The molecule has 12 heteroatoms. The van der Waals surface area contributed by atoms with Crippen molar-refractivity contribution in [2.75, 3.05) is 18.0 Å². The number of hydrogen-bond donors (Lipinski definition) is 1. The van der Waals surface area contributed by atoms with Crippen LogP contribution in [0.2, 0.25) is 15.1 Å². The molecule has 1 saturated carbocycles. The number of aromatic nitrogens is 2. The van der Waals surface area contributed by atoms with Gasteiger partial charge in [0.15, 0.2) is 0 Å². The zero-order chi connectivity index (χ0) is 29.4. The van der Waals surface area contributed by atoms with Crippen LogP contribution in [0.3, 0.4) is 0 Å². The van der Waals surface area contributed by atoms with Crippen LogP contribution >= 0.6 is 34.8 Å². The molecule has 0 unspecified atom stereocenters. The molecule has 2 aromatic heterocycles. The zero-order valence-electron chi connectivity index (χ0n) is 22.2. The van der Waals surface area contributed by atoms with Crippen molar-refractivity contribution in [3.8, 4) is 17.0 Å². The van der Waals surface area contributed by atoms with E-state index in [1.54, 1.807) is 36.4 Å². The molecule has 1 aliphatic heterocycles. The van der Waals surface area contributed by atoms with E-state index in [1.807, 2.05) is 4.90 Å². The van der Waals surface area contributed by atoms with Crippen LogP contribution < -0.4 is 9.64 Å². The van der Waals surface area contributed by atoms with Gasteiger partial charge in [0.05, 0.1) is 26.2 Å². The minimum atomic E-state index is -1.03. The molecular formula is C30H25Cl3N4O5. The van der Waals surface area contributed by atoms with Crippen molar-refractivity contribution in [3.63, 3.8) is 0 Å². The maximum atomic E-state index is 12.2. The SMILES string of the molecule is O=NC1(c2ccc(OCc3c(-c4c(Cl)cccc4Cl)noc3C3CC3)cc2Cl)CCN(c2cc(C(=O)O)ccn2)CC1. The number of ether oxygens (including phenoxy) is 1. The van der Waals surface area contributed by atoms with Gasteiger partial charge in [0, 0.05) is 36.3 Å². The van der Waals surface area contributed by atoms with E-state index in [1.165, 1.54) is 18.3 Å². The first-order valence-corrected chi connectivity index (χ1v) is 14.6. The first kappa shape index (κ1) is 28.5. The van der Waals surface area contributed by atoms with E-state index >= 15 is 0 Å². The van der Waals surface area contributed by atoms with Gasteiger partial charge < -0.3 is 19.3 Å². The van der Waals surface area contributed by atoms with Gasteiger partial charge in [-0.3, -0.25) is 0 Å². The van der Waals surface area contributed by atoms with Crippen molar-refractivity contribution in [3.05, 3.63) is 97.2 Å². The summed E-state index contributed by atoms with van der Waals surface area (Å²) >= 11 is 19.7. The molecule has 4 aromatic rings. The molecule has 0 atom stereocenters. The van der Waals surface area contributed by atoms with Gasteiger partial charge in [0.2, 0.25) is 0 Å². The van der Waals surface area contributed by atoms with Crippen LogP contribution in [-0.4, -0.2) is 34.3 Å². The molecule has 0 bridgehead atoms. The van der Waals surface area contributed by atoms with Gasteiger partial charge in [0.1, 0.15) is 35.2 Å². The van der Waals surface area contributed by atoms with Crippen molar-refractivity contribution in [2.45, 2.75) is 43.7 Å². The highest BCUT2D eigenvalue weighted by Crippen LogP contribution is 2.47. The van der Waals surface area contributed by atoms with Crippen LogP contribution in [0.1, 0.15) is 58.8 Å². The van der Waals surface area contributed by atoms with Gasteiger partial charge in [-0.2, -0.15) is 0 Å². The summed E-state index contributed by atoms with van der Waals surface area (Å²) in [7, 11) is 0. The minimum absolute atomic E-state index is 0.154. The number of nitroso groups, excluding NO2 is 1. The van der Waals surface area contributed by atoms with E-state index in [0.717, 1.165) is 24.2 Å². The molecule has 3 heterocycles. The molecule has 9 nitrogen and oxygen atoms in total. The summed E-state index contributed by atoms with van der Waals surface area (Å²) in [5, 5.41) is 18.4. The predicted molar refractivity (Wildman–Crippen MR) is 160 cm³/mol. The van der Waals surface area contributed by atoms with E-state index in [9.17, 15) is 14.8 Å². The molecule has 2 aromatic carbocycles. The standard InChI is InChI=1S/C30H25Cl3N4O5/c31-22-2-1-3-23(32)26(22)27-20(28(42-35-27)17-4-5-17)16-41-19-6-7-21(24(33)15-19)30(36-40)9-12-37(13-10-30)25-14-18(29(38)39)8-11-34-25/h1-3,6-8,11,14-15,17H,4-5,9-10,12-13,16H2,(H,38,39). The number of carbonyl (C=O) groups is 1. The minimum Gasteiger partial charge on any atom is -0.489 e. The molecule has 1 saturated heterocycles. The molecule has 0 amide bonds. The van der Waals surface area contributed by atoms with Crippen molar-refractivity contribution in [2.24, 2.45) is 5.18 Å². The Hall–Kier alpha value is -3.66. The maximum Gasteiger partial charge on any atom is 0.335 e. The van der Waals surface area contributed by atoms with Gasteiger partial charge in [-0.15, -0.1) is 4.91 Å². The summed E-state index contributed by atoms with van der Waals surface area (Å²) < 4.78 is 11.9. The summed E-state index contributed by atoms with van der Waals surface area (Å²) in [4.78, 5) is 29.8. The Labute approximate surface area is 256 Å². The number of halogens is 3. The number of carboxylic acids is 1. The van der Waals surface area contributed by atoms with E-state index in [0.29, 0.717) is 69.4 Å². The third kappa shape index (κ3) is 5.44. The highest BCUT2D eigenvalue weighted by atomic mass is 35.5. The Morgan fingerprint density at radius 2 is 1.81 bits per heavy atom. The van der Waals surface area contributed by atoms with E-state index in [4.69, 9.17) is 44.1 Å². The van der Waals surface area contributed by atoms with Crippen molar-refractivity contribution in [1.29, 1.82) is 0 Å². The molecule has 0 spiro atoms. The van der Waals surface area contributed by atoms with Crippen LogP contribution in [0, 0.1) is 4.91 Å². The fourth-order valence-electron chi connectivity index (χ4n) is 5.41. The summed E-state index contributed by atoms with van der Waals surface area (Å²) in [5.74, 6) is 1.08. The number of anilines is 1. The van der Waals surface area contributed by atoms with Crippen LogP contribution in [0.25, 0.3) is 11.3 Å². The Morgan fingerprint density at radius 3 is 2.45 bits per heavy atom. The predicted octanol–water partition coefficient (Wildman–Crippen LogP) is 8.11. The number of nitrogens with zero attached hydrogens (tertiary/aromatic N) is 4. The summed E-state index contributed by atoms with van der Waals surface area (Å²) in [5.41, 5.74) is 1.67. The smallest absolute Gasteiger partial charge is 0.335 e. The third-order valence-corrected chi connectivity index (χ3v) is 8.82. The second-order valence-electron chi connectivity index (χ2n) is 10.5. The molecule has 2 aliphatic rings. The number of aromatic carboxylic acids is 1. The Morgan fingerprint density at radius 1 is 1.07 bits per heavy atom. The van der Waals surface area contributed by atoms with Crippen LogP contribution in [0.4, 0.5) is 5.82 Å². The van der Waals surface area contributed by atoms with Crippen molar-refractivity contribution < 1.29 is 19.2 Å². The molecular weight excluding hydrogens is 603 g/mol. The zero-order valence-corrected chi connectivity index (χ0v) is 24.5. The number of carboxylic acid groups (broad SMARTS) is 1. The second kappa shape index (κ2) is 11.6. The van der Waals surface area contributed by atoms with Crippen molar-refractivity contribution >= 4 is 46.6 Å². The topological polar surface area (TPSA) is 118 Å². The average molecular weight is 628 g/mol. The van der Waals surface area contributed by atoms with Gasteiger partial charge in [-0.05, 0) is 62.1 Å². The van der Waals surface area contributed by atoms with Crippen LogP contribution in [0.5, 0.6) is 5.75 Å². The number of benzene rings is 2. The summed E-state index contributed by atoms with van der Waals surface area (Å²) in [6, 6.07) is 13.5. The highest BCUT2D eigenvalue weighted by Gasteiger charge is 2.40. The lowest BCUT2D eigenvalue weighted by molar-refractivity contribution is 0.0696. The number of rotatable bonds is 9. The Balaban J connectivity index is 1.20. The fourth-order valence-corrected chi connectivity index (χ4v) is 6.33. The van der Waals surface area contributed by atoms with Gasteiger partial charge >= 0.3 is 5.97 Å². The monoisotopic (exact) mass is 626 g/mol. The number of piperidine rings is 1. The van der Waals surface area contributed by atoms with Crippen LogP contribution in [-0.2, 0) is 12.1 Å². The molecule has 2 fully saturated rings. The van der Waals surface area contributed by atoms with E-state index < -0.39 is 11.5 Å². The Kier molecular flexibility index (Phi) is 7.83. The molecule has 1 aliphatic carbocycles. The quantitative estimate of drug-likeness (QED) is 0.185. The lowest BCUT2D eigenvalue weighted by Crippen LogP contribution is -2.42. The van der Waals surface area contributed by atoms with Crippen molar-refractivity contribution in [1.82, 2.24) is 10.1 Å². The normalized spacial score (nSPS) is 16.3. The summed E-state index contributed by atoms with van der Waals surface area (Å²) in [6.07, 6.45) is 4.27.